The van der Waals surface area contributed by atoms with Crippen LogP contribution in [0, 0.1) is 5.92 Å². The molecule has 0 heterocycles. The number of unbranched alkanes of at least 4 members (excludes halogenated alkanes) is 2. The third-order valence-corrected chi connectivity index (χ3v) is 3.29. The zero-order valence-electron chi connectivity index (χ0n) is 10.4. The number of carbonyl (C=O) groups is 1. The van der Waals surface area contributed by atoms with Crippen LogP contribution >= 0.6 is 0 Å². The van der Waals surface area contributed by atoms with Gasteiger partial charge < -0.3 is 4.74 Å². The smallest absolute Gasteiger partial charge is 0.305 e. The minimum atomic E-state index is -0.0868. The Morgan fingerprint density at radius 2 is 2.00 bits per heavy atom. The van der Waals surface area contributed by atoms with Crippen LogP contribution in [-0.2, 0) is 9.53 Å². The summed E-state index contributed by atoms with van der Waals surface area (Å²) in [5.74, 6) is 0.741. The van der Waals surface area contributed by atoms with Gasteiger partial charge in [-0.15, -0.1) is 0 Å². The molecule has 0 atom stereocenters. The first-order valence-corrected chi connectivity index (χ1v) is 6.56. The first-order chi connectivity index (χ1) is 7.83. The van der Waals surface area contributed by atoms with E-state index in [0.717, 1.165) is 25.2 Å². The summed E-state index contributed by atoms with van der Waals surface area (Å²) in [7, 11) is 1.45. The van der Waals surface area contributed by atoms with E-state index in [9.17, 15) is 4.79 Å². The first-order valence-electron chi connectivity index (χ1n) is 6.56. The van der Waals surface area contributed by atoms with Crippen molar-refractivity contribution in [2.45, 2.75) is 57.8 Å². The number of hydrogen-bond donors (Lipinski definition) is 0. The monoisotopic (exact) mass is 224 g/mol. The Balaban J connectivity index is 1.97. The second-order valence-corrected chi connectivity index (χ2v) is 4.65. The van der Waals surface area contributed by atoms with Gasteiger partial charge in [0.25, 0.3) is 0 Å². The first kappa shape index (κ1) is 13.3. The van der Waals surface area contributed by atoms with Crippen molar-refractivity contribution in [3.63, 3.8) is 0 Å². The maximum atomic E-state index is 10.9. The summed E-state index contributed by atoms with van der Waals surface area (Å²) in [6, 6.07) is 0. The fourth-order valence-electron chi connectivity index (χ4n) is 2.25. The predicted octanol–water partition coefficient (Wildman–Crippen LogP) is 3.86. The van der Waals surface area contributed by atoms with Crippen molar-refractivity contribution in [1.82, 2.24) is 0 Å². The Kier molecular flexibility index (Phi) is 6.95. The molecule has 1 rings (SSSR count). The predicted molar refractivity (Wildman–Crippen MR) is 66.2 cm³/mol. The topological polar surface area (TPSA) is 26.3 Å². The van der Waals surface area contributed by atoms with Gasteiger partial charge in [-0.05, 0) is 38.0 Å². The van der Waals surface area contributed by atoms with Crippen LogP contribution in [0.25, 0.3) is 0 Å². The van der Waals surface area contributed by atoms with Gasteiger partial charge in [0.2, 0.25) is 0 Å². The molecule has 0 N–H and O–H groups in total. The van der Waals surface area contributed by atoms with Crippen molar-refractivity contribution in [1.29, 1.82) is 0 Å². The molecule has 0 aromatic heterocycles. The molecule has 0 unspecified atom stereocenters. The highest BCUT2D eigenvalue weighted by Crippen LogP contribution is 2.24. The number of methoxy groups -OCH3 is 1. The average Bonchev–Trinajstić information content (AvgIpc) is 2.34. The minimum absolute atomic E-state index is 0.0868. The molecule has 0 amide bonds. The van der Waals surface area contributed by atoms with Gasteiger partial charge in [0.05, 0.1) is 7.11 Å². The highest BCUT2D eigenvalue weighted by molar-refractivity contribution is 5.68. The van der Waals surface area contributed by atoms with E-state index < -0.39 is 0 Å². The van der Waals surface area contributed by atoms with Gasteiger partial charge in [-0.25, -0.2) is 0 Å². The van der Waals surface area contributed by atoms with Gasteiger partial charge in [-0.1, -0.05) is 31.4 Å². The van der Waals surface area contributed by atoms with E-state index >= 15 is 0 Å². The molecular formula is C14H24O2. The van der Waals surface area contributed by atoms with E-state index in [4.69, 9.17) is 0 Å². The SMILES string of the molecule is COC(=O)CCCCC=CC1CCCCC1. The van der Waals surface area contributed by atoms with Crippen LogP contribution in [0.3, 0.4) is 0 Å². The standard InChI is InChI=1S/C14H24O2/c1-16-14(15)12-8-3-2-5-9-13-10-6-4-7-11-13/h5,9,13H,2-4,6-8,10-12H2,1H3. The summed E-state index contributed by atoms with van der Waals surface area (Å²) in [5, 5.41) is 0. The third kappa shape index (κ3) is 5.94. The molecule has 92 valence electrons. The van der Waals surface area contributed by atoms with E-state index in [0.29, 0.717) is 6.42 Å². The summed E-state index contributed by atoms with van der Waals surface area (Å²) in [6.07, 6.45) is 15.4. The van der Waals surface area contributed by atoms with Crippen molar-refractivity contribution >= 4 is 5.97 Å². The number of allylic oxidation sites excluding steroid dienone is 2. The second kappa shape index (κ2) is 8.37. The maximum Gasteiger partial charge on any atom is 0.305 e. The number of carbonyl (C=O) groups excluding carboxylic acids is 1. The largest absolute Gasteiger partial charge is 0.469 e. The van der Waals surface area contributed by atoms with Crippen LogP contribution in [0.4, 0.5) is 0 Å². The Morgan fingerprint density at radius 1 is 1.25 bits per heavy atom. The lowest BCUT2D eigenvalue weighted by Gasteiger charge is -2.17. The zero-order valence-corrected chi connectivity index (χ0v) is 10.4. The zero-order chi connectivity index (χ0) is 11.6. The van der Waals surface area contributed by atoms with Gasteiger partial charge in [0.15, 0.2) is 0 Å². The lowest BCUT2D eigenvalue weighted by Crippen LogP contribution is -2.02. The molecular weight excluding hydrogens is 200 g/mol. The fourth-order valence-corrected chi connectivity index (χ4v) is 2.25. The molecule has 2 nitrogen and oxygen atoms in total. The highest BCUT2D eigenvalue weighted by atomic mass is 16.5. The summed E-state index contributed by atoms with van der Waals surface area (Å²) in [6.45, 7) is 0. The Morgan fingerprint density at radius 3 is 2.69 bits per heavy atom. The summed E-state index contributed by atoms with van der Waals surface area (Å²) in [4.78, 5) is 10.9. The van der Waals surface area contributed by atoms with Crippen LogP contribution in [0.2, 0.25) is 0 Å². The van der Waals surface area contributed by atoms with Crippen LogP contribution in [0.5, 0.6) is 0 Å². The van der Waals surface area contributed by atoms with Crippen LogP contribution in [0.15, 0.2) is 12.2 Å². The molecule has 0 aromatic rings. The molecule has 1 fully saturated rings. The summed E-state index contributed by atoms with van der Waals surface area (Å²) < 4.78 is 4.59. The van der Waals surface area contributed by atoms with Crippen molar-refractivity contribution in [3.05, 3.63) is 12.2 Å². The molecule has 0 spiro atoms. The molecule has 0 aliphatic heterocycles. The van der Waals surface area contributed by atoms with Gasteiger partial charge in [0.1, 0.15) is 0 Å². The maximum absolute atomic E-state index is 10.9. The summed E-state index contributed by atoms with van der Waals surface area (Å²) in [5.41, 5.74) is 0. The highest BCUT2D eigenvalue weighted by Gasteiger charge is 2.09. The van der Waals surface area contributed by atoms with Crippen molar-refractivity contribution < 1.29 is 9.53 Å². The lowest BCUT2D eigenvalue weighted by atomic mass is 9.89. The number of hydrogen-bond acceptors (Lipinski definition) is 2. The molecule has 1 aliphatic carbocycles. The quantitative estimate of drug-likeness (QED) is 0.389. The van der Waals surface area contributed by atoms with Gasteiger partial charge >= 0.3 is 5.97 Å². The number of rotatable bonds is 6. The molecule has 0 aromatic carbocycles. The molecule has 0 saturated heterocycles. The van der Waals surface area contributed by atoms with E-state index in [1.54, 1.807) is 0 Å². The van der Waals surface area contributed by atoms with E-state index in [1.807, 2.05) is 0 Å². The Bertz CT molecular complexity index is 215. The van der Waals surface area contributed by atoms with Gasteiger partial charge in [-0.3, -0.25) is 4.79 Å². The Labute approximate surface area is 99.1 Å². The van der Waals surface area contributed by atoms with E-state index in [-0.39, 0.29) is 5.97 Å². The fraction of sp³-hybridized carbons (Fsp3) is 0.786. The van der Waals surface area contributed by atoms with E-state index in [2.05, 4.69) is 16.9 Å². The van der Waals surface area contributed by atoms with Crippen LogP contribution in [0.1, 0.15) is 57.8 Å². The average molecular weight is 224 g/mol. The number of ether oxygens (including phenoxy) is 1. The van der Waals surface area contributed by atoms with Crippen molar-refractivity contribution in [2.75, 3.05) is 7.11 Å². The van der Waals surface area contributed by atoms with Gasteiger partial charge in [-0.2, -0.15) is 0 Å². The van der Waals surface area contributed by atoms with Crippen LogP contribution in [-0.4, -0.2) is 13.1 Å². The van der Waals surface area contributed by atoms with Crippen molar-refractivity contribution in [3.8, 4) is 0 Å². The second-order valence-electron chi connectivity index (χ2n) is 4.65. The minimum Gasteiger partial charge on any atom is -0.469 e. The molecule has 2 heteroatoms. The molecule has 16 heavy (non-hydrogen) atoms. The molecule has 0 bridgehead atoms. The van der Waals surface area contributed by atoms with E-state index in [1.165, 1.54) is 39.2 Å². The third-order valence-electron chi connectivity index (χ3n) is 3.29. The molecule has 1 saturated carbocycles. The Hall–Kier alpha value is -0.790. The number of esters is 1. The summed E-state index contributed by atoms with van der Waals surface area (Å²) >= 11 is 0. The normalized spacial score (nSPS) is 17.8. The van der Waals surface area contributed by atoms with Crippen LogP contribution < -0.4 is 0 Å². The molecule has 1 aliphatic rings. The lowest BCUT2D eigenvalue weighted by molar-refractivity contribution is -0.140. The van der Waals surface area contributed by atoms with Crippen molar-refractivity contribution in [2.24, 2.45) is 5.92 Å². The van der Waals surface area contributed by atoms with Gasteiger partial charge in [0, 0.05) is 6.42 Å². The molecule has 0 radical (unpaired) electrons.